The highest BCUT2D eigenvalue weighted by atomic mass is 14.9. The van der Waals surface area contributed by atoms with Gasteiger partial charge in [0.15, 0.2) is 0 Å². The van der Waals surface area contributed by atoms with Crippen LogP contribution >= 0.6 is 0 Å². The van der Waals surface area contributed by atoms with Crippen molar-refractivity contribution in [3.05, 3.63) is 29.1 Å². The summed E-state index contributed by atoms with van der Waals surface area (Å²) in [5.41, 5.74) is 3.86. The fraction of sp³-hybridized carbons (Fsp3) is 0.688. The summed E-state index contributed by atoms with van der Waals surface area (Å²) >= 11 is 0. The van der Waals surface area contributed by atoms with Gasteiger partial charge in [-0.15, -0.1) is 0 Å². The molecule has 1 aliphatic carbocycles. The van der Waals surface area contributed by atoms with E-state index >= 15 is 0 Å². The molecule has 2 heteroatoms. The van der Waals surface area contributed by atoms with E-state index in [1.54, 1.807) is 0 Å². The number of rotatable bonds is 6. The van der Waals surface area contributed by atoms with Crippen LogP contribution in [0.2, 0.25) is 0 Å². The highest BCUT2D eigenvalue weighted by Gasteiger charge is 2.24. The van der Waals surface area contributed by atoms with Crippen molar-refractivity contribution in [2.75, 3.05) is 6.54 Å². The number of nitrogens with one attached hydrogen (secondary N) is 1. The zero-order valence-corrected chi connectivity index (χ0v) is 12.0. The van der Waals surface area contributed by atoms with E-state index in [4.69, 9.17) is 0 Å². The highest BCUT2D eigenvalue weighted by molar-refractivity contribution is 5.25. The van der Waals surface area contributed by atoms with E-state index in [2.05, 4.69) is 37.1 Å². The average Bonchev–Trinajstić information content (AvgIpc) is 2.28. The molecule has 0 amide bonds. The number of aromatic nitrogens is 1. The zero-order valence-electron chi connectivity index (χ0n) is 12.0. The molecule has 1 unspecified atom stereocenters. The molecule has 1 N–H and O–H groups in total. The number of aryl methyl sites for hydroxylation is 2. The first kappa shape index (κ1) is 13.5. The van der Waals surface area contributed by atoms with E-state index in [9.17, 15) is 0 Å². The van der Waals surface area contributed by atoms with Crippen molar-refractivity contribution in [1.82, 2.24) is 10.3 Å². The summed E-state index contributed by atoms with van der Waals surface area (Å²) in [6, 6.07) is 2.71. The molecular weight excluding hydrogens is 220 g/mol. The first-order valence-corrected chi connectivity index (χ1v) is 7.37. The van der Waals surface area contributed by atoms with Crippen molar-refractivity contribution in [3.8, 4) is 0 Å². The summed E-state index contributed by atoms with van der Waals surface area (Å²) in [6.45, 7) is 7.62. The molecule has 2 nitrogen and oxygen atoms in total. The van der Waals surface area contributed by atoms with Gasteiger partial charge in [0.2, 0.25) is 0 Å². The van der Waals surface area contributed by atoms with E-state index in [0.29, 0.717) is 6.04 Å². The molecule has 0 radical (unpaired) electrons. The Morgan fingerprint density at radius 2 is 2.17 bits per heavy atom. The highest BCUT2D eigenvalue weighted by Crippen LogP contribution is 2.35. The van der Waals surface area contributed by atoms with Gasteiger partial charge < -0.3 is 5.32 Å². The van der Waals surface area contributed by atoms with E-state index in [0.717, 1.165) is 12.5 Å². The van der Waals surface area contributed by atoms with E-state index in [1.807, 2.05) is 6.20 Å². The summed E-state index contributed by atoms with van der Waals surface area (Å²) in [7, 11) is 0. The Morgan fingerprint density at radius 1 is 1.39 bits per heavy atom. The fourth-order valence-corrected chi connectivity index (χ4v) is 2.76. The van der Waals surface area contributed by atoms with Gasteiger partial charge >= 0.3 is 0 Å². The lowest BCUT2D eigenvalue weighted by Gasteiger charge is -2.30. The second-order valence-corrected chi connectivity index (χ2v) is 5.75. The van der Waals surface area contributed by atoms with Crippen molar-refractivity contribution >= 4 is 0 Å². The predicted molar refractivity (Wildman–Crippen MR) is 76.7 cm³/mol. The molecule has 0 bridgehead atoms. The monoisotopic (exact) mass is 246 g/mol. The van der Waals surface area contributed by atoms with Crippen LogP contribution in [0.4, 0.5) is 0 Å². The predicted octanol–water partition coefficient (Wildman–Crippen LogP) is 3.93. The molecule has 2 rings (SSSR count). The van der Waals surface area contributed by atoms with Crippen LogP contribution in [-0.4, -0.2) is 11.5 Å². The maximum Gasteiger partial charge on any atom is 0.0602 e. The summed E-state index contributed by atoms with van der Waals surface area (Å²) < 4.78 is 0. The number of hydrogen-bond donors (Lipinski definition) is 1. The molecule has 0 aromatic carbocycles. The standard InChI is InChI=1S/C16H26N2/c1-4-8-17-15(10-14-6-5-7-14)16-13(3)9-12(2)11-18-16/h9,11,14-15,17H,4-8,10H2,1-3H3. The largest absolute Gasteiger partial charge is 0.309 e. The van der Waals surface area contributed by atoms with Crippen LogP contribution in [0.15, 0.2) is 12.3 Å². The van der Waals surface area contributed by atoms with E-state index in [-0.39, 0.29) is 0 Å². The smallest absolute Gasteiger partial charge is 0.0602 e. The van der Waals surface area contributed by atoms with Gasteiger partial charge in [-0.2, -0.15) is 0 Å². The Morgan fingerprint density at radius 3 is 2.72 bits per heavy atom. The fourth-order valence-electron chi connectivity index (χ4n) is 2.76. The molecular formula is C16H26N2. The van der Waals surface area contributed by atoms with E-state index in [1.165, 1.54) is 48.9 Å². The quantitative estimate of drug-likeness (QED) is 0.822. The summed E-state index contributed by atoms with van der Waals surface area (Å²) in [6.07, 6.45) is 8.70. The number of hydrogen-bond acceptors (Lipinski definition) is 2. The Kier molecular flexibility index (Phi) is 4.76. The van der Waals surface area contributed by atoms with Crippen molar-refractivity contribution < 1.29 is 0 Å². The Hall–Kier alpha value is -0.890. The van der Waals surface area contributed by atoms with Gasteiger partial charge in [-0.1, -0.05) is 32.3 Å². The van der Waals surface area contributed by atoms with Crippen LogP contribution < -0.4 is 5.32 Å². The summed E-state index contributed by atoms with van der Waals surface area (Å²) in [5.74, 6) is 0.918. The normalized spacial score (nSPS) is 17.5. The first-order valence-electron chi connectivity index (χ1n) is 7.37. The number of pyridine rings is 1. The lowest BCUT2D eigenvalue weighted by atomic mass is 9.80. The minimum absolute atomic E-state index is 0.454. The molecule has 0 spiro atoms. The maximum atomic E-state index is 4.68. The summed E-state index contributed by atoms with van der Waals surface area (Å²) in [5, 5.41) is 3.68. The van der Waals surface area contributed by atoms with E-state index < -0.39 is 0 Å². The van der Waals surface area contributed by atoms with Crippen LogP contribution in [0.25, 0.3) is 0 Å². The molecule has 1 fully saturated rings. The van der Waals surface area contributed by atoms with Crippen molar-refractivity contribution in [3.63, 3.8) is 0 Å². The van der Waals surface area contributed by atoms with Gasteiger partial charge in [0, 0.05) is 6.20 Å². The topological polar surface area (TPSA) is 24.9 Å². The molecule has 1 heterocycles. The Balaban J connectivity index is 2.09. The van der Waals surface area contributed by atoms with Gasteiger partial charge in [0.25, 0.3) is 0 Å². The minimum atomic E-state index is 0.454. The van der Waals surface area contributed by atoms with Crippen molar-refractivity contribution in [1.29, 1.82) is 0 Å². The van der Waals surface area contributed by atoms with Gasteiger partial charge in [-0.3, -0.25) is 4.98 Å². The lowest BCUT2D eigenvalue weighted by Crippen LogP contribution is -2.28. The second kappa shape index (κ2) is 6.33. The molecule has 1 aliphatic rings. The molecule has 1 atom stereocenters. The van der Waals surface area contributed by atoms with Gasteiger partial charge in [-0.25, -0.2) is 0 Å². The van der Waals surface area contributed by atoms with Crippen LogP contribution in [0.3, 0.4) is 0 Å². The van der Waals surface area contributed by atoms with Gasteiger partial charge in [0.05, 0.1) is 11.7 Å². The average molecular weight is 246 g/mol. The van der Waals surface area contributed by atoms with Crippen LogP contribution in [0, 0.1) is 19.8 Å². The third-order valence-corrected chi connectivity index (χ3v) is 4.02. The van der Waals surface area contributed by atoms with Gasteiger partial charge in [-0.05, 0) is 50.3 Å². The minimum Gasteiger partial charge on any atom is -0.309 e. The van der Waals surface area contributed by atoms with Gasteiger partial charge in [0.1, 0.15) is 0 Å². The molecule has 0 saturated heterocycles. The molecule has 1 aromatic rings. The number of nitrogens with zero attached hydrogens (tertiary/aromatic N) is 1. The lowest BCUT2D eigenvalue weighted by molar-refractivity contribution is 0.259. The molecule has 100 valence electrons. The SMILES string of the molecule is CCCNC(CC1CCC1)c1ncc(C)cc1C. The third-order valence-electron chi connectivity index (χ3n) is 4.02. The van der Waals surface area contributed by atoms with Crippen LogP contribution in [-0.2, 0) is 0 Å². The molecule has 0 aliphatic heterocycles. The van der Waals surface area contributed by atoms with Crippen molar-refractivity contribution in [2.45, 2.75) is 58.9 Å². The Bertz CT molecular complexity index is 383. The molecule has 1 saturated carbocycles. The molecule has 1 aromatic heterocycles. The molecule has 18 heavy (non-hydrogen) atoms. The first-order chi connectivity index (χ1) is 8.70. The zero-order chi connectivity index (χ0) is 13.0. The summed E-state index contributed by atoms with van der Waals surface area (Å²) in [4.78, 5) is 4.68. The third kappa shape index (κ3) is 3.32. The van der Waals surface area contributed by atoms with Crippen LogP contribution in [0.5, 0.6) is 0 Å². The van der Waals surface area contributed by atoms with Crippen molar-refractivity contribution in [2.24, 2.45) is 5.92 Å². The van der Waals surface area contributed by atoms with Crippen LogP contribution in [0.1, 0.15) is 61.9 Å². The maximum absolute atomic E-state index is 4.68. The Labute approximate surface area is 111 Å². The second-order valence-electron chi connectivity index (χ2n) is 5.75.